The molecular weight excluding hydrogens is 816 g/mol. The van der Waals surface area contributed by atoms with E-state index in [1.165, 1.54) is 128 Å². The van der Waals surface area contributed by atoms with E-state index >= 15 is 0 Å². The third-order valence-electron chi connectivity index (χ3n) is 15.3. The van der Waals surface area contributed by atoms with Crippen LogP contribution in [-0.4, -0.2) is 6.71 Å². The summed E-state index contributed by atoms with van der Waals surface area (Å²) in [7, 11) is 0. The lowest BCUT2D eigenvalue weighted by Crippen LogP contribution is -2.60. The summed E-state index contributed by atoms with van der Waals surface area (Å²) >= 11 is 2.04. The van der Waals surface area contributed by atoms with Crippen molar-refractivity contribution in [1.29, 1.82) is 0 Å². The first-order valence-corrected chi connectivity index (χ1v) is 25.0. The molecule has 0 bridgehead atoms. The Morgan fingerprint density at radius 3 is 1.59 bits per heavy atom. The van der Waals surface area contributed by atoms with Gasteiger partial charge in [-0.15, -0.1) is 11.3 Å². The Labute approximate surface area is 398 Å². The molecule has 0 amide bonds. The van der Waals surface area contributed by atoms with Crippen LogP contribution in [0.4, 0.5) is 34.1 Å². The SMILES string of the molecule is Cc1cc(-c2ccccc2)c(N2c3ccc(C(C)(C)C)cc3B3c4sc5cc6c(cc5c4N(c4ccc(C(C)(C)C)cc4)c4cc(C)cc2c43)C(C)(C)CCC6(C)C)c(-c2ccccc2)c1. The minimum Gasteiger partial charge on any atom is -0.310 e. The molecule has 3 heterocycles. The van der Waals surface area contributed by atoms with Crippen LogP contribution in [0.3, 0.4) is 0 Å². The van der Waals surface area contributed by atoms with E-state index in [-0.39, 0.29) is 28.4 Å². The molecule has 7 aromatic carbocycles. The molecule has 2 nitrogen and oxygen atoms in total. The number of anilines is 6. The molecule has 0 atom stereocenters. The van der Waals surface area contributed by atoms with Crippen molar-refractivity contribution < 1.29 is 0 Å². The van der Waals surface area contributed by atoms with Gasteiger partial charge in [0.25, 0.3) is 6.71 Å². The van der Waals surface area contributed by atoms with Gasteiger partial charge in [-0.1, -0.05) is 154 Å². The Morgan fingerprint density at radius 1 is 0.515 bits per heavy atom. The maximum Gasteiger partial charge on any atom is 0.264 e. The highest BCUT2D eigenvalue weighted by molar-refractivity contribution is 7.33. The Bertz CT molecular complexity index is 3170. The predicted octanol–water partition coefficient (Wildman–Crippen LogP) is 15.9. The van der Waals surface area contributed by atoms with E-state index in [9.17, 15) is 0 Å². The van der Waals surface area contributed by atoms with Crippen molar-refractivity contribution in [2.75, 3.05) is 9.80 Å². The number of nitrogens with zero attached hydrogens (tertiary/aromatic N) is 2. The summed E-state index contributed by atoms with van der Waals surface area (Å²) in [5.41, 5.74) is 23.6. The summed E-state index contributed by atoms with van der Waals surface area (Å²) in [5, 5.41) is 1.38. The molecule has 0 saturated heterocycles. The van der Waals surface area contributed by atoms with Gasteiger partial charge >= 0.3 is 0 Å². The van der Waals surface area contributed by atoms with Crippen LogP contribution in [0.2, 0.25) is 0 Å². The van der Waals surface area contributed by atoms with E-state index in [1.807, 2.05) is 11.3 Å². The standard InChI is InChI=1S/C62H63BN2S/c1-38-31-45(40-19-15-13-16-20-40)56(46(32-38)41-21-17-14-18-22-41)65-51-28-25-43(60(6,7)8)35-50(51)63-55-52(33-39(2)34-53(55)65)64(44-26-23-42(24-27-44)59(3,4)5)57-47-36-48-49(37-54(47)66-58(57)63)62(11,12)30-29-61(48,9)10/h13-28,31-37H,29-30H2,1-12H3. The van der Waals surface area contributed by atoms with Crippen molar-refractivity contribution in [3.63, 3.8) is 0 Å². The van der Waals surface area contributed by atoms with Crippen LogP contribution < -0.4 is 25.5 Å². The summed E-state index contributed by atoms with van der Waals surface area (Å²) in [6.45, 7) is 28.5. The summed E-state index contributed by atoms with van der Waals surface area (Å²) < 4.78 is 2.82. The van der Waals surface area contributed by atoms with Crippen LogP contribution >= 0.6 is 11.3 Å². The van der Waals surface area contributed by atoms with Crippen LogP contribution in [0.25, 0.3) is 32.3 Å². The van der Waals surface area contributed by atoms with Gasteiger partial charge in [-0.25, -0.2) is 0 Å². The monoisotopic (exact) mass is 878 g/mol. The number of rotatable bonds is 4. The number of fused-ring (bicyclic) bond motifs is 7. The van der Waals surface area contributed by atoms with E-state index in [2.05, 4.69) is 232 Å². The van der Waals surface area contributed by atoms with Gasteiger partial charge in [-0.2, -0.15) is 0 Å². The Morgan fingerprint density at radius 2 is 1.03 bits per heavy atom. The Kier molecular flexibility index (Phi) is 9.61. The molecule has 1 aromatic heterocycles. The molecule has 0 spiro atoms. The van der Waals surface area contributed by atoms with Crippen molar-refractivity contribution in [3.8, 4) is 22.3 Å². The molecule has 0 N–H and O–H groups in total. The van der Waals surface area contributed by atoms with Crippen LogP contribution in [0.5, 0.6) is 0 Å². The number of benzene rings is 7. The topological polar surface area (TPSA) is 6.48 Å². The molecule has 2 aliphatic heterocycles. The molecule has 3 aliphatic rings. The average molecular weight is 879 g/mol. The van der Waals surface area contributed by atoms with Crippen molar-refractivity contribution in [2.45, 2.75) is 118 Å². The minimum absolute atomic E-state index is 0.0329. The predicted molar refractivity (Wildman–Crippen MR) is 289 cm³/mol. The molecule has 330 valence electrons. The summed E-state index contributed by atoms with van der Waals surface area (Å²) in [6, 6.07) is 54.1. The van der Waals surface area contributed by atoms with Crippen LogP contribution in [0.1, 0.15) is 115 Å². The van der Waals surface area contributed by atoms with E-state index < -0.39 is 0 Å². The lowest BCUT2D eigenvalue weighted by molar-refractivity contribution is 0.332. The quantitative estimate of drug-likeness (QED) is 0.163. The van der Waals surface area contributed by atoms with Gasteiger partial charge in [-0.05, 0) is 158 Å². The number of thiophene rings is 1. The average Bonchev–Trinajstić information content (AvgIpc) is 3.65. The molecule has 0 unspecified atom stereocenters. The van der Waals surface area contributed by atoms with Crippen molar-refractivity contribution >= 4 is 78.0 Å². The smallest absolute Gasteiger partial charge is 0.264 e. The fourth-order valence-corrected chi connectivity index (χ4v) is 12.8. The van der Waals surface area contributed by atoms with Gasteiger partial charge in [-0.3, -0.25) is 0 Å². The molecule has 1 aliphatic carbocycles. The van der Waals surface area contributed by atoms with E-state index in [1.54, 1.807) is 0 Å². The molecule has 0 saturated carbocycles. The summed E-state index contributed by atoms with van der Waals surface area (Å²) in [5.74, 6) is 0. The van der Waals surface area contributed by atoms with Gasteiger partial charge in [0, 0.05) is 48.7 Å². The Hall–Kier alpha value is -5.84. The van der Waals surface area contributed by atoms with Gasteiger partial charge in [0.1, 0.15) is 0 Å². The third kappa shape index (κ3) is 6.72. The van der Waals surface area contributed by atoms with E-state index in [4.69, 9.17) is 0 Å². The largest absolute Gasteiger partial charge is 0.310 e. The van der Waals surface area contributed by atoms with Crippen molar-refractivity contribution in [1.82, 2.24) is 0 Å². The van der Waals surface area contributed by atoms with Crippen LogP contribution in [-0.2, 0) is 21.7 Å². The number of hydrogen-bond donors (Lipinski definition) is 0. The van der Waals surface area contributed by atoms with Crippen LogP contribution in [0.15, 0.2) is 140 Å². The van der Waals surface area contributed by atoms with Gasteiger partial charge in [0.15, 0.2) is 0 Å². The van der Waals surface area contributed by atoms with Gasteiger partial charge < -0.3 is 9.80 Å². The molecule has 66 heavy (non-hydrogen) atoms. The second-order valence-electron chi connectivity index (χ2n) is 23.1. The van der Waals surface area contributed by atoms with Crippen LogP contribution in [0, 0.1) is 13.8 Å². The Balaban J connectivity index is 1.29. The van der Waals surface area contributed by atoms with E-state index in [0.717, 1.165) is 0 Å². The first-order valence-electron chi connectivity index (χ1n) is 24.2. The molecule has 4 heteroatoms. The van der Waals surface area contributed by atoms with E-state index in [0.29, 0.717) is 0 Å². The van der Waals surface area contributed by atoms with Crippen molar-refractivity contribution in [2.24, 2.45) is 0 Å². The molecule has 8 aromatic rings. The molecule has 0 radical (unpaired) electrons. The number of hydrogen-bond acceptors (Lipinski definition) is 3. The minimum atomic E-state index is -0.0424. The molecular formula is C62H63BN2S. The summed E-state index contributed by atoms with van der Waals surface area (Å²) in [6.07, 6.45) is 2.38. The number of aryl methyl sites for hydroxylation is 2. The molecule has 0 fully saturated rings. The highest BCUT2D eigenvalue weighted by Gasteiger charge is 2.47. The first kappa shape index (κ1) is 42.8. The lowest BCUT2D eigenvalue weighted by atomic mass is 9.36. The fraction of sp³-hybridized carbons (Fsp3) is 0.290. The third-order valence-corrected chi connectivity index (χ3v) is 16.5. The highest BCUT2D eigenvalue weighted by atomic mass is 32.1. The second-order valence-corrected chi connectivity index (χ2v) is 24.1. The maximum atomic E-state index is 2.67. The zero-order valence-electron chi connectivity index (χ0n) is 41.1. The molecule has 11 rings (SSSR count). The normalized spacial score (nSPS) is 15.9. The van der Waals surface area contributed by atoms with Gasteiger partial charge in [0.05, 0.1) is 11.4 Å². The maximum absolute atomic E-state index is 2.67. The first-order chi connectivity index (χ1) is 31.3. The fourth-order valence-electron chi connectivity index (χ4n) is 11.5. The lowest BCUT2D eigenvalue weighted by Gasteiger charge is -2.45. The highest BCUT2D eigenvalue weighted by Crippen LogP contribution is 2.54. The zero-order valence-corrected chi connectivity index (χ0v) is 41.9. The van der Waals surface area contributed by atoms with Crippen molar-refractivity contribution in [3.05, 3.63) is 173 Å². The van der Waals surface area contributed by atoms with Gasteiger partial charge in [0.2, 0.25) is 0 Å². The summed E-state index contributed by atoms with van der Waals surface area (Å²) in [4.78, 5) is 5.33. The zero-order chi connectivity index (χ0) is 46.2. The second kappa shape index (κ2) is 14.8.